The summed E-state index contributed by atoms with van der Waals surface area (Å²) in [5.74, 6) is -0.183. The highest BCUT2D eigenvalue weighted by Gasteiger charge is 2.17. The van der Waals surface area contributed by atoms with Crippen LogP contribution >= 0.6 is 0 Å². The molecule has 0 fully saturated rings. The van der Waals surface area contributed by atoms with Gasteiger partial charge < -0.3 is 14.6 Å². The molecule has 1 N–H and O–H groups in total. The number of hydrogen-bond donors (Lipinski definition) is 1. The number of para-hydroxylation sites is 1. The number of ether oxygens (including phenoxy) is 1. The van der Waals surface area contributed by atoms with Crippen LogP contribution in [-0.4, -0.2) is 38.3 Å². The van der Waals surface area contributed by atoms with Crippen molar-refractivity contribution >= 4 is 26.6 Å². The van der Waals surface area contributed by atoms with Gasteiger partial charge in [0.25, 0.3) is 11.5 Å². The second kappa shape index (κ2) is 7.85. The number of amides is 1. The normalized spacial score (nSPS) is 11.4. The summed E-state index contributed by atoms with van der Waals surface area (Å²) in [7, 11) is -0.424. The van der Waals surface area contributed by atoms with Crippen LogP contribution in [0.5, 0.6) is 5.75 Å². The molecule has 1 aromatic heterocycles. The lowest BCUT2D eigenvalue weighted by molar-refractivity contribution is 0.0957. The Morgan fingerprint density at radius 1 is 1.11 bits per heavy atom. The number of carbonyl (C=O) groups is 1. The first-order valence-corrected chi connectivity index (χ1v) is 10.2. The number of aromatic nitrogens is 1. The average Bonchev–Trinajstić information content (AvgIpc) is 2.70. The maximum absolute atomic E-state index is 12.6. The van der Waals surface area contributed by atoms with Crippen molar-refractivity contribution in [2.24, 2.45) is 7.05 Å². The quantitative estimate of drug-likeness (QED) is 0.680. The van der Waals surface area contributed by atoms with Crippen molar-refractivity contribution in [2.45, 2.75) is 4.90 Å². The van der Waals surface area contributed by atoms with Crippen LogP contribution in [0.1, 0.15) is 10.4 Å². The number of carbonyl (C=O) groups excluding carboxylic acids is 1. The van der Waals surface area contributed by atoms with E-state index in [1.807, 2.05) is 0 Å². The Morgan fingerprint density at radius 2 is 1.79 bits per heavy atom. The van der Waals surface area contributed by atoms with E-state index in [4.69, 9.17) is 4.74 Å². The van der Waals surface area contributed by atoms with E-state index in [1.165, 1.54) is 29.9 Å². The van der Waals surface area contributed by atoms with Gasteiger partial charge in [-0.1, -0.05) is 18.2 Å². The summed E-state index contributed by atoms with van der Waals surface area (Å²) in [6.07, 6.45) is 0. The number of benzene rings is 2. The predicted molar refractivity (Wildman–Crippen MR) is 107 cm³/mol. The number of rotatable bonds is 6. The molecule has 146 valence electrons. The number of nitrogens with zero attached hydrogens (tertiary/aromatic N) is 1. The summed E-state index contributed by atoms with van der Waals surface area (Å²) in [6.45, 7) is -0.0727. The molecule has 28 heavy (non-hydrogen) atoms. The topological polar surface area (TPSA) is 94.5 Å². The summed E-state index contributed by atoms with van der Waals surface area (Å²) >= 11 is 0. The number of sulfone groups is 1. The highest BCUT2D eigenvalue weighted by atomic mass is 32.2. The van der Waals surface area contributed by atoms with E-state index < -0.39 is 15.7 Å². The molecule has 0 bridgehead atoms. The fourth-order valence-corrected chi connectivity index (χ4v) is 4.05. The zero-order valence-electron chi connectivity index (χ0n) is 15.5. The number of fused-ring (bicyclic) bond motifs is 1. The first-order valence-electron chi connectivity index (χ1n) is 8.57. The smallest absolute Gasteiger partial charge is 0.252 e. The molecule has 0 atom stereocenters. The van der Waals surface area contributed by atoms with Gasteiger partial charge in [0.1, 0.15) is 5.75 Å². The third-order valence-corrected chi connectivity index (χ3v) is 6.21. The van der Waals surface area contributed by atoms with Gasteiger partial charge in [0.05, 0.1) is 28.8 Å². The standard InChI is InChI=1S/C20H20N2O5S/c1-22-18-6-4-3-5-16(18)17(13-19(22)23)20(24)21-11-12-28(25,26)15-9-7-14(27-2)8-10-15/h3-10,13H,11-12H2,1-2H3,(H,21,24). The van der Waals surface area contributed by atoms with E-state index in [0.717, 1.165) is 0 Å². The maximum atomic E-state index is 12.6. The zero-order chi connectivity index (χ0) is 20.3. The Kier molecular flexibility index (Phi) is 5.51. The van der Waals surface area contributed by atoms with Crippen LogP contribution in [0.2, 0.25) is 0 Å². The van der Waals surface area contributed by atoms with Gasteiger partial charge in [-0.05, 0) is 30.3 Å². The Labute approximate surface area is 162 Å². The van der Waals surface area contributed by atoms with Gasteiger partial charge in [-0.2, -0.15) is 0 Å². The molecule has 1 heterocycles. The van der Waals surface area contributed by atoms with Gasteiger partial charge >= 0.3 is 0 Å². The molecule has 2 aromatic carbocycles. The van der Waals surface area contributed by atoms with E-state index in [0.29, 0.717) is 16.7 Å². The van der Waals surface area contributed by atoms with E-state index in [-0.39, 0.29) is 28.3 Å². The zero-order valence-corrected chi connectivity index (χ0v) is 16.3. The molecule has 0 unspecified atom stereocenters. The summed E-state index contributed by atoms with van der Waals surface area (Å²) in [4.78, 5) is 24.8. The van der Waals surface area contributed by atoms with E-state index in [2.05, 4.69) is 5.32 Å². The minimum Gasteiger partial charge on any atom is -0.497 e. The Hall–Kier alpha value is -3.13. The number of hydrogen-bond acceptors (Lipinski definition) is 5. The van der Waals surface area contributed by atoms with Crippen LogP contribution in [0.3, 0.4) is 0 Å². The fourth-order valence-electron chi connectivity index (χ4n) is 2.89. The number of nitrogens with one attached hydrogen (secondary N) is 1. The second-order valence-electron chi connectivity index (χ2n) is 6.22. The Balaban J connectivity index is 1.75. The first-order chi connectivity index (χ1) is 13.3. The van der Waals surface area contributed by atoms with Crippen molar-refractivity contribution in [1.82, 2.24) is 9.88 Å². The van der Waals surface area contributed by atoms with E-state index in [9.17, 15) is 18.0 Å². The molecular weight excluding hydrogens is 380 g/mol. The van der Waals surface area contributed by atoms with Crippen molar-refractivity contribution in [1.29, 1.82) is 0 Å². The molecule has 1 amide bonds. The molecule has 0 saturated heterocycles. The minimum atomic E-state index is -3.56. The first kappa shape index (κ1) is 19.6. The molecule has 3 aromatic rings. The van der Waals surface area contributed by atoms with Crippen molar-refractivity contribution in [3.8, 4) is 5.75 Å². The van der Waals surface area contributed by atoms with Gasteiger partial charge in [-0.25, -0.2) is 8.42 Å². The molecule has 3 rings (SSSR count). The van der Waals surface area contributed by atoms with Crippen LogP contribution < -0.4 is 15.6 Å². The molecule has 0 radical (unpaired) electrons. The molecule has 0 aliphatic carbocycles. The molecule has 0 aliphatic rings. The van der Waals surface area contributed by atoms with Gasteiger partial charge in [0, 0.05) is 25.0 Å². The van der Waals surface area contributed by atoms with Crippen LogP contribution in [0.15, 0.2) is 64.3 Å². The Bertz CT molecular complexity index is 1180. The van der Waals surface area contributed by atoms with Gasteiger partial charge in [-0.3, -0.25) is 9.59 Å². The highest BCUT2D eigenvalue weighted by molar-refractivity contribution is 7.91. The largest absolute Gasteiger partial charge is 0.497 e. The lowest BCUT2D eigenvalue weighted by atomic mass is 10.1. The van der Waals surface area contributed by atoms with Gasteiger partial charge in [0.15, 0.2) is 9.84 Å². The molecule has 0 aliphatic heterocycles. The molecule has 0 spiro atoms. The van der Waals surface area contributed by atoms with Crippen molar-refractivity contribution in [3.63, 3.8) is 0 Å². The summed E-state index contributed by atoms with van der Waals surface area (Å²) in [6, 6.07) is 14.4. The van der Waals surface area contributed by atoms with Crippen LogP contribution in [0.25, 0.3) is 10.9 Å². The van der Waals surface area contributed by atoms with Gasteiger partial charge in [-0.15, -0.1) is 0 Å². The maximum Gasteiger partial charge on any atom is 0.252 e. The predicted octanol–water partition coefficient (Wildman–Crippen LogP) is 1.75. The number of pyridine rings is 1. The summed E-state index contributed by atoms with van der Waals surface area (Å²) in [5.41, 5.74) is 0.543. The van der Waals surface area contributed by atoms with Crippen molar-refractivity contribution in [3.05, 3.63) is 70.5 Å². The van der Waals surface area contributed by atoms with Gasteiger partial charge in [0.2, 0.25) is 0 Å². The van der Waals surface area contributed by atoms with Crippen LogP contribution in [0, 0.1) is 0 Å². The van der Waals surface area contributed by atoms with E-state index in [1.54, 1.807) is 43.4 Å². The number of aryl methyl sites for hydroxylation is 1. The minimum absolute atomic E-state index is 0.0727. The lowest BCUT2D eigenvalue weighted by Crippen LogP contribution is -2.31. The third kappa shape index (κ3) is 3.91. The van der Waals surface area contributed by atoms with E-state index >= 15 is 0 Å². The van der Waals surface area contributed by atoms with Crippen molar-refractivity contribution in [2.75, 3.05) is 19.4 Å². The summed E-state index contributed by atoms with van der Waals surface area (Å²) < 4.78 is 31.3. The highest BCUT2D eigenvalue weighted by Crippen LogP contribution is 2.17. The monoisotopic (exact) mass is 400 g/mol. The van der Waals surface area contributed by atoms with Crippen molar-refractivity contribution < 1.29 is 17.9 Å². The summed E-state index contributed by atoms with van der Waals surface area (Å²) in [5, 5.41) is 3.22. The molecular formula is C20H20N2O5S. The molecule has 0 saturated carbocycles. The molecule has 8 heteroatoms. The number of methoxy groups -OCH3 is 1. The second-order valence-corrected chi connectivity index (χ2v) is 8.33. The SMILES string of the molecule is COc1ccc(S(=O)(=O)CCNC(=O)c2cc(=O)n(C)c3ccccc23)cc1. The Morgan fingerprint density at radius 3 is 2.46 bits per heavy atom. The van der Waals surface area contributed by atoms with Crippen LogP contribution in [-0.2, 0) is 16.9 Å². The fraction of sp³-hybridized carbons (Fsp3) is 0.200. The average molecular weight is 400 g/mol. The molecule has 7 nitrogen and oxygen atoms in total. The third-order valence-electron chi connectivity index (χ3n) is 4.47. The van der Waals surface area contributed by atoms with Crippen LogP contribution in [0.4, 0.5) is 0 Å². The lowest BCUT2D eigenvalue weighted by Gasteiger charge is -2.11.